The SMILES string of the molecule is N#CCC1CCCC(CN2C(=O)c3c(NC(=O)c4ccc(Cl)s4)cccc3C2O)C1.N#CCC1CCCC(CN2Cc3cccc(NC(=O)c4ccc(Cl)s4)c3C2=O)C1. The van der Waals surface area contributed by atoms with Crippen molar-refractivity contribution in [2.75, 3.05) is 23.7 Å². The van der Waals surface area contributed by atoms with Crippen molar-refractivity contribution in [1.29, 1.82) is 10.5 Å². The van der Waals surface area contributed by atoms with Crippen molar-refractivity contribution >= 4 is 80.9 Å². The molecule has 2 fully saturated rings. The number of thiophene rings is 2. The molecule has 4 amide bonds. The summed E-state index contributed by atoms with van der Waals surface area (Å²) in [5.41, 5.74) is 3.32. The molecule has 15 heteroatoms. The van der Waals surface area contributed by atoms with Gasteiger partial charge in [0.2, 0.25) is 0 Å². The van der Waals surface area contributed by atoms with Gasteiger partial charge < -0.3 is 25.5 Å². The van der Waals surface area contributed by atoms with E-state index in [9.17, 15) is 24.3 Å². The van der Waals surface area contributed by atoms with Crippen LogP contribution in [0.3, 0.4) is 0 Å². The number of nitrogens with zero attached hydrogens (tertiary/aromatic N) is 4. The lowest BCUT2D eigenvalue weighted by Crippen LogP contribution is -2.35. The van der Waals surface area contributed by atoms with E-state index < -0.39 is 6.23 Å². The lowest BCUT2D eigenvalue weighted by molar-refractivity contribution is 0.00627. The maximum atomic E-state index is 13.2. The van der Waals surface area contributed by atoms with E-state index in [-0.39, 0.29) is 29.5 Å². The van der Waals surface area contributed by atoms with Crippen LogP contribution in [-0.2, 0) is 6.54 Å². The molecule has 306 valence electrons. The third-order valence-corrected chi connectivity index (χ3v) is 14.2. The molecule has 4 aromatic rings. The van der Waals surface area contributed by atoms with Crippen LogP contribution in [0.25, 0.3) is 0 Å². The quantitative estimate of drug-likeness (QED) is 0.143. The summed E-state index contributed by atoms with van der Waals surface area (Å²) in [6, 6.07) is 21.9. The van der Waals surface area contributed by atoms with Gasteiger partial charge in [0, 0.05) is 38.0 Å². The summed E-state index contributed by atoms with van der Waals surface area (Å²) in [6.45, 7) is 1.73. The van der Waals surface area contributed by atoms with E-state index in [1.807, 2.05) is 17.0 Å². The smallest absolute Gasteiger partial charge is 0.265 e. The molecule has 2 aromatic heterocycles. The Morgan fingerprint density at radius 2 is 1.24 bits per heavy atom. The van der Waals surface area contributed by atoms with E-state index in [4.69, 9.17) is 33.7 Å². The van der Waals surface area contributed by atoms with Crippen molar-refractivity contribution in [3.8, 4) is 12.1 Å². The maximum absolute atomic E-state index is 13.2. The van der Waals surface area contributed by atoms with Crippen molar-refractivity contribution in [3.63, 3.8) is 0 Å². The zero-order chi connectivity index (χ0) is 41.6. The molecule has 2 aromatic carbocycles. The molecule has 4 aliphatic rings. The highest BCUT2D eigenvalue weighted by Crippen LogP contribution is 2.40. The number of nitriles is 2. The molecule has 5 atom stereocenters. The number of benzene rings is 2. The summed E-state index contributed by atoms with van der Waals surface area (Å²) in [5.74, 6) is 0.607. The van der Waals surface area contributed by atoms with Crippen molar-refractivity contribution in [2.45, 2.75) is 77.0 Å². The number of carbonyl (C=O) groups excluding carboxylic acids is 4. The Balaban J connectivity index is 0.000000179. The second-order valence-corrected chi connectivity index (χ2v) is 19.2. The first kappa shape index (κ1) is 42.4. The van der Waals surface area contributed by atoms with Gasteiger partial charge in [-0.15, -0.1) is 22.7 Å². The standard InChI is InChI=1S/C22H22ClN3O3S.C22H22ClN3O2S/c23-18-8-7-17(30-18)20(27)25-16-6-2-5-15-19(16)22(29)26(21(15)28)12-14-4-1-3-13(11-14)9-10-24;23-19-8-7-18(29-19)21(27)25-17-6-2-5-16-13-26(22(28)20(16)17)12-15-4-1-3-14(11-15)9-10-24/h2,5-8,13-14,21,28H,1,3-4,9,11-12H2,(H,25,27);2,5-8,14-15H,1,3-4,9,11-13H2,(H,25,27). The number of hydrogen-bond acceptors (Lipinski definition) is 9. The van der Waals surface area contributed by atoms with Crippen LogP contribution in [0.15, 0.2) is 60.7 Å². The zero-order valence-corrected chi connectivity index (χ0v) is 35.4. The zero-order valence-electron chi connectivity index (χ0n) is 32.3. The number of halogens is 2. The average Bonchev–Trinajstić information content (AvgIpc) is 3.99. The summed E-state index contributed by atoms with van der Waals surface area (Å²) in [4.78, 5) is 55.7. The first-order valence-corrected chi connectivity index (χ1v) is 22.3. The van der Waals surface area contributed by atoms with E-state index >= 15 is 0 Å². The Labute approximate surface area is 361 Å². The van der Waals surface area contributed by atoms with Gasteiger partial charge >= 0.3 is 0 Å². The van der Waals surface area contributed by atoms with Crippen LogP contribution in [0.1, 0.15) is 122 Å². The number of anilines is 2. The second-order valence-electron chi connectivity index (χ2n) is 15.8. The third-order valence-electron chi connectivity index (χ3n) is 11.7. The predicted octanol–water partition coefficient (Wildman–Crippen LogP) is 10.2. The van der Waals surface area contributed by atoms with E-state index in [0.29, 0.717) is 96.7 Å². The van der Waals surface area contributed by atoms with Gasteiger partial charge in [0.25, 0.3) is 23.6 Å². The molecule has 0 spiro atoms. The number of hydrogen-bond donors (Lipinski definition) is 3. The minimum Gasteiger partial charge on any atom is -0.369 e. The molecular weight excluding hydrogens is 828 g/mol. The molecule has 11 nitrogen and oxygen atoms in total. The van der Waals surface area contributed by atoms with Gasteiger partial charge in [-0.1, -0.05) is 60.3 Å². The maximum Gasteiger partial charge on any atom is 0.265 e. The van der Waals surface area contributed by atoms with Crippen molar-refractivity contribution in [1.82, 2.24) is 9.80 Å². The number of nitrogens with one attached hydrogen (secondary N) is 2. The molecule has 0 saturated heterocycles. The minimum atomic E-state index is -1.03. The molecule has 0 radical (unpaired) electrons. The summed E-state index contributed by atoms with van der Waals surface area (Å²) in [6.07, 6.45) is 8.41. The third kappa shape index (κ3) is 9.83. The largest absolute Gasteiger partial charge is 0.369 e. The first-order valence-electron chi connectivity index (χ1n) is 19.9. The number of aliphatic hydroxyl groups is 1. The van der Waals surface area contributed by atoms with Gasteiger partial charge in [-0.05, 0) is 104 Å². The highest BCUT2D eigenvalue weighted by molar-refractivity contribution is 7.18. The van der Waals surface area contributed by atoms with Gasteiger partial charge in [-0.2, -0.15) is 10.5 Å². The fourth-order valence-electron chi connectivity index (χ4n) is 9.00. The molecule has 0 bridgehead atoms. The van der Waals surface area contributed by atoms with Gasteiger partial charge in [-0.25, -0.2) is 0 Å². The van der Waals surface area contributed by atoms with E-state index in [0.717, 1.165) is 68.3 Å². The molecule has 3 N–H and O–H groups in total. The van der Waals surface area contributed by atoms with Crippen LogP contribution < -0.4 is 10.6 Å². The number of carbonyl (C=O) groups is 4. The van der Waals surface area contributed by atoms with Gasteiger partial charge in [-0.3, -0.25) is 19.2 Å². The predicted molar refractivity (Wildman–Crippen MR) is 230 cm³/mol. The molecule has 59 heavy (non-hydrogen) atoms. The number of amides is 4. The number of rotatable bonds is 10. The van der Waals surface area contributed by atoms with Crippen molar-refractivity contribution < 1.29 is 24.3 Å². The summed E-state index contributed by atoms with van der Waals surface area (Å²) >= 11 is 14.2. The fourth-order valence-corrected chi connectivity index (χ4v) is 10.9. The lowest BCUT2D eigenvalue weighted by Gasteiger charge is -2.32. The van der Waals surface area contributed by atoms with E-state index in [2.05, 4.69) is 22.8 Å². The van der Waals surface area contributed by atoms with Crippen LogP contribution in [0, 0.1) is 46.3 Å². The minimum absolute atomic E-state index is 0.0254. The Morgan fingerprint density at radius 1 is 0.712 bits per heavy atom. The summed E-state index contributed by atoms with van der Waals surface area (Å²) in [5, 5.41) is 34.4. The van der Waals surface area contributed by atoms with Crippen LogP contribution in [0.5, 0.6) is 0 Å². The van der Waals surface area contributed by atoms with E-state index in [1.165, 1.54) is 16.2 Å². The Hall–Kier alpha value is -4.76. The fraction of sp³-hybridized carbons (Fsp3) is 0.409. The Bertz CT molecular complexity index is 2320. The molecule has 4 heterocycles. The van der Waals surface area contributed by atoms with Crippen LogP contribution in [-0.4, -0.2) is 51.6 Å². The molecule has 2 aliphatic heterocycles. The van der Waals surface area contributed by atoms with Gasteiger partial charge in [0.1, 0.15) is 0 Å². The van der Waals surface area contributed by atoms with Crippen LogP contribution in [0.4, 0.5) is 11.4 Å². The van der Waals surface area contributed by atoms with Crippen molar-refractivity contribution in [2.24, 2.45) is 23.7 Å². The van der Waals surface area contributed by atoms with E-state index in [1.54, 1.807) is 48.5 Å². The normalized spacial score (nSPS) is 22.1. The van der Waals surface area contributed by atoms with Gasteiger partial charge in [0.15, 0.2) is 6.23 Å². The average molecular weight is 872 g/mol. The monoisotopic (exact) mass is 870 g/mol. The number of fused-ring (bicyclic) bond motifs is 2. The molecule has 2 saturated carbocycles. The highest BCUT2D eigenvalue weighted by atomic mass is 35.5. The second kappa shape index (κ2) is 19.1. The summed E-state index contributed by atoms with van der Waals surface area (Å²) < 4.78 is 1.07. The first-order chi connectivity index (χ1) is 28.5. The lowest BCUT2D eigenvalue weighted by atomic mass is 9.80. The molecular formula is C44H44Cl2N6O5S2. The highest BCUT2D eigenvalue weighted by Gasteiger charge is 2.40. The van der Waals surface area contributed by atoms with Crippen LogP contribution in [0.2, 0.25) is 8.67 Å². The number of aliphatic hydroxyl groups excluding tert-OH is 1. The molecule has 8 rings (SSSR count). The topological polar surface area (TPSA) is 167 Å². The van der Waals surface area contributed by atoms with Crippen LogP contribution >= 0.6 is 45.9 Å². The Morgan fingerprint density at radius 3 is 1.78 bits per heavy atom. The summed E-state index contributed by atoms with van der Waals surface area (Å²) in [7, 11) is 0. The molecule has 5 unspecified atom stereocenters. The van der Waals surface area contributed by atoms with Gasteiger partial charge in [0.05, 0.1) is 53.1 Å². The van der Waals surface area contributed by atoms with Crippen molar-refractivity contribution in [3.05, 3.63) is 101 Å². The Kier molecular flexibility index (Phi) is 13.7. The molecule has 2 aliphatic carbocycles.